The summed E-state index contributed by atoms with van der Waals surface area (Å²) in [5, 5.41) is 59.1. The lowest BCUT2D eigenvalue weighted by Crippen LogP contribution is -2.62. The number of nitro benzene ring substituents is 1. The number of aliphatic hydroxyl groups is 2. The van der Waals surface area contributed by atoms with E-state index in [2.05, 4.69) is 9.68 Å². The minimum atomic E-state index is -4.27. The second kappa shape index (κ2) is 6.84. The van der Waals surface area contributed by atoms with Crippen molar-refractivity contribution in [3.63, 3.8) is 0 Å². The molecular weight excluding hydrogens is 356 g/mol. The maximum absolute atomic E-state index is 11.5. The number of nitrogens with zero attached hydrogens (tertiary/aromatic N) is 4. The Bertz CT molecular complexity index is 720. The molecule has 25 heavy (non-hydrogen) atoms. The highest BCUT2D eigenvalue weighted by Crippen LogP contribution is 2.37. The third kappa shape index (κ3) is 3.82. The van der Waals surface area contributed by atoms with Gasteiger partial charge in [0.2, 0.25) is 0 Å². The van der Waals surface area contributed by atoms with Crippen LogP contribution in [-0.2, 0) is 15.2 Å². The van der Waals surface area contributed by atoms with Crippen LogP contribution in [0.3, 0.4) is 0 Å². The Labute approximate surface area is 135 Å². The molecule has 0 aliphatic rings. The van der Waals surface area contributed by atoms with E-state index in [4.69, 9.17) is 0 Å². The van der Waals surface area contributed by atoms with Crippen molar-refractivity contribution in [2.45, 2.75) is 11.5 Å². The van der Waals surface area contributed by atoms with E-state index in [9.17, 15) is 50.7 Å². The van der Waals surface area contributed by atoms with E-state index in [-0.39, 0.29) is 0 Å². The van der Waals surface area contributed by atoms with Crippen molar-refractivity contribution in [2.75, 3.05) is 6.61 Å². The van der Waals surface area contributed by atoms with E-state index in [1.807, 2.05) is 0 Å². The molecule has 0 radical (unpaired) electrons. The van der Waals surface area contributed by atoms with E-state index in [1.54, 1.807) is 0 Å². The van der Waals surface area contributed by atoms with E-state index in [0.717, 1.165) is 18.2 Å². The lowest BCUT2D eigenvalue weighted by Gasteiger charge is -2.32. The summed E-state index contributed by atoms with van der Waals surface area (Å²) in [5.41, 5.74) is -5.28. The van der Waals surface area contributed by atoms with E-state index in [1.165, 1.54) is 0 Å². The Hall–Kier alpha value is -3.66. The summed E-state index contributed by atoms with van der Waals surface area (Å²) < 4.78 is 0. The molecule has 0 amide bonds. The number of nitro groups is 2. The summed E-state index contributed by atoms with van der Waals surface area (Å²) in [6.07, 6.45) is 0. The standard InChI is InChI=1S/C9H8N4O12/c14-9(15,25-13(22)23)8(11(18)19,5-24-12(20)21)6-2-1-3-7(4-6)10(16)17/h1-4,14-15H,5H2. The largest absolute Gasteiger partial charge is 0.399 e. The minimum Gasteiger partial charge on any atom is -0.339 e. The second-order valence-electron chi connectivity index (χ2n) is 4.35. The molecule has 1 aromatic rings. The van der Waals surface area contributed by atoms with Crippen molar-refractivity contribution < 1.29 is 39.9 Å². The molecule has 0 saturated heterocycles. The Morgan fingerprint density at radius 3 is 2.04 bits per heavy atom. The van der Waals surface area contributed by atoms with Crippen LogP contribution in [0.4, 0.5) is 5.69 Å². The van der Waals surface area contributed by atoms with Gasteiger partial charge >= 0.3 is 11.5 Å². The molecule has 16 nitrogen and oxygen atoms in total. The normalized spacial score (nSPS) is 13.4. The van der Waals surface area contributed by atoms with Gasteiger partial charge in [-0.3, -0.25) is 20.2 Å². The zero-order valence-corrected chi connectivity index (χ0v) is 11.8. The van der Waals surface area contributed by atoms with Gasteiger partial charge in [-0.25, -0.2) is 4.84 Å². The summed E-state index contributed by atoms with van der Waals surface area (Å²) in [4.78, 5) is 47.6. The smallest absolute Gasteiger partial charge is 0.339 e. The predicted molar refractivity (Wildman–Crippen MR) is 70.0 cm³/mol. The molecule has 136 valence electrons. The Morgan fingerprint density at radius 2 is 1.60 bits per heavy atom. The highest BCUT2D eigenvalue weighted by Gasteiger charge is 2.67. The lowest BCUT2D eigenvalue weighted by molar-refractivity contribution is -0.849. The average Bonchev–Trinajstić information content (AvgIpc) is 2.45. The lowest BCUT2D eigenvalue weighted by atomic mass is 9.88. The predicted octanol–water partition coefficient (Wildman–Crippen LogP) is -0.878. The van der Waals surface area contributed by atoms with Crippen molar-refractivity contribution in [2.24, 2.45) is 0 Å². The molecule has 0 fully saturated rings. The van der Waals surface area contributed by atoms with Crippen LogP contribution < -0.4 is 0 Å². The molecular formula is C9H8N4O12. The number of hydrogen-bond donors (Lipinski definition) is 2. The number of hydrogen-bond acceptors (Lipinski definition) is 12. The topological polar surface area (TPSA) is 231 Å². The van der Waals surface area contributed by atoms with Gasteiger partial charge in [-0.2, -0.15) is 0 Å². The molecule has 0 aliphatic carbocycles. The first-order chi connectivity index (χ1) is 11.4. The van der Waals surface area contributed by atoms with Crippen LogP contribution in [-0.4, -0.2) is 42.8 Å². The van der Waals surface area contributed by atoms with Gasteiger partial charge in [0.05, 0.1) is 4.92 Å². The highest BCUT2D eigenvalue weighted by molar-refractivity contribution is 5.38. The quantitative estimate of drug-likeness (QED) is 0.309. The number of non-ortho nitro benzene ring substituents is 1. The molecule has 0 aliphatic heterocycles. The van der Waals surface area contributed by atoms with Crippen LogP contribution in [0, 0.1) is 40.5 Å². The van der Waals surface area contributed by atoms with Crippen molar-refractivity contribution in [1.29, 1.82) is 0 Å². The molecule has 0 heterocycles. The molecule has 16 heteroatoms. The van der Waals surface area contributed by atoms with Gasteiger partial charge in [0.25, 0.3) is 15.9 Å². The van der Waals surface area contributed by atoms with Gasteiger partial charge in [0.15, 0.2) is 6.61 Å². The van der Waals surface area contributed by atoms with Gasteiger partial charge in [-0.05, 0) is 0 Å². The summed E-state index contributed by atoms with van der Waals surface area (Å²) >= 11 is 0. The van der Waals surface area contributed by atoms with Gasteiger partial charge in [-0.1, -0.05) is 12.1 Å². The number of benzene rings is 1. The third-order valence-corrected chi connectivity index (χ3v) is 2.97. The average molecular weight is 364 g/mol. The van der Waals surface area contributed by atoms with Crippen LogP contribution in [0.5, 0.6) is 0 Å². The van der Waals surface area contributed by atoms with Gasteiger partial charge in [-0.15, -0.1) is 20.2 Å². The second-order valence-corrected chi connectivity index (χ2v) is 4.35. The van der Waals surface area contributed by atoms with Crippen LogP contribution in [0.1, 0.15) is 5.56 Å². The molecule has 1 atom stereocenters. The zero-order chi connectivity index (χ0) is 19.4. The molecule has 1 rings (SSSR count). The molecule has 0 bridgehead atoms. The minimum absolute atomic E-state index is 0.455. The fraction of sp³-hybridized carbons (Fsp3) is 0.333. The van der Waals surface area contributed by atoms with Crippen LogP contribution in [0.2, 0.25) is 0 Å². The SMILES string of the molecule is O=[N+]([O-])OCC(c1cccc([N+](=O)[O-])c1)([N+](=O)[O-])C(O)(O)O[N+](=O)[O-]. The van der Waals surface area contributed by atoms with Crippen molar-refractivity contribution >= 4 is 5.69 Å². The molecule has 0 saturated carbocycles. The summed E-state index contributed by atoms with van der Waals surface area (Å²) in [5.74, 6) is -4.27. The van der Waals surface area contributed by atoms with Crippen molar-refractivity contribution in [1.82, 2.24) is 0 Å². The zero-order valence-electron chi connectivity index (χ0n) is 11.8. The molecule has 1 unspecified atom stereocenters. The first-order valence-corrected chi connectivity index (χ1v) is 5.89. The fourth-order valence-corrected chi connectivity index (χ4v) is 1.84. The van der Waals surface area contributed by atoms with Crippen LogP contribution >= 0.6 is 0 Å². The first kappa shape index (κ1) is 19.4. The molecule has 2 N–H and O–H groups in total. The van der Waals surface area contributed by atoms with Crippen molar-refractivity contribution in [3.8, 4) is 0 Å². The monoisotopic (exact) mass is 364 g/mol. The molecule has 0 spiro atoms. The van der Waals surface area contributed by atoms with Crippen molar-refractivity contribution in [3.05, 3.63) is 70.3 Å². The van der Waals surface area contributed by atoms with Crippen LogP contribution in [0.15, 0.2) is 24.3 Å². The van der Waals surface area contributed by atoms with E-state index in [0.29, 0.717) is 6.07 Å². The summed E-state index contributed by atoms with van der Waals surface area (Å²) in [6.45, 7) is -1.77. The number of rotatable bonds is 9. The third-order valence-electron chi connectivity index (χ3n) is 2.97. The van der Waals surface area contributed by atoms with Crippen LogP contribution in [0.25, 0.3) is 0 Å². The molecule has 1 aromatic carbocycles. The van der Waals surface area contributed by atoms with E-state index < -0.39 is 49.4 Å². The molecule has 0 aromatic heterocycles. The van der Waals surface area contributed by atoms with E-state index >= 15 is 0 Å². The fourth-order valence-electron chi connectivity index (χ4n) is 1.84. The maximum Gasteiger partial charge on any atom is 0.399 e. The summed E-state index contributed by atoms with van der Waals surface area (Å²) in [7, 11) is 0. The maximum atomic E-state index is 11.5. The highest BCUT2D eigenvalue weighted by atomic mass is 17.0. The van der Waals surface area contributed by atoms with Gasteiger partial charge in [0.1, 0.15) is 0 Å². The Morgan fingerprint density at radius 1 is 1.00 bits per heavy atom. The Balaban J connectivity index is 3.67. The van der Waals surface area contributed by atoms with Gasteiger partial charge in [0, 0.05) is 22.6 Å². The Kier molecular flexibility index (Phi) is 5.31. The first-order valence-electron chi connectivity index (χ1n) is 5.89. The van der Waals surface area contributed by atoms with Gasteiger partial charge < -0.3 is 15.1 Å². The summed E-state index contributed by atoms with van der Waals surface area (Å²) in [6, 6.07) is 2.94.